The lowest BCUT2D eigenvalue weighted by atomic mass is 9.85. The molecule has 0 radical (unpaired) electrons. The van der Waals surface area contributed by atoms with Gasteiger partial charge in [-0.3, -0.25) is 9.59 Å². The van der Waals surface area contributed by atoms with Crippen molar-refractivity contribution in [2.24, 2.45) is 5.92 Å². The van der Waals surface area contributed by atoms with E-state index in [2.05, 4.69) is 10.2 Å². The number of furan rings is 1. The lowest BCUT2D eigenvalue weighted by Crippen LogP contribution is -2.54. The van der Waals surface area contributed by atoms with Crippen LogP contribution in [0.5, 0.6) is 0 Å². The Balaban J connectivity index is 1.70. The lowest BCUT2D eigenvalue weighted by Gasteiger charge is -2.41. The highest BCUT2D eigenvalue weighted by Gasteiger charge is 2.34. The monoisotopic (exact) mass is 262 g/mol. The van der Waals surface area contributed by atoms with Crippen molar-refractivity contribution in [3.05, 3.63) is 17.9 Å². The van der Waals surface area contributed by atoms with Crippen LogP contribution in [0.15, 0.2) is 16.5 Å². The summed E-state index contributed by atoms with van der Waals surface area (Å²) in [7, 11) is 0. The van der Waals surface area contributed by atoms with Crippen LogP contribution in [0, 0.1) is 5.92 Å². The zero-order chi connectivity index (χ0) is 13.4. The van der Waals surface area contributed by atoms with E-state index < -0.39 is 0 Å². The van der Waals surface area contributed by atoms with Gasteiger partial charge in [0.15, 0.2) is 17.4 Å². The molecule has 0 spiro atoms. The van der Waals surface area contributed by atoms with Crippen molar-refractivity contribution >= 4 is 17.6 Å². The molecule has 0 bridgehead atoms. The average molecular weight is 262 g/mol. The van der Waals surface area contributed by atoms with Gasteiger partial charge in [0.05, 0.1) is 0 Å². The molecule has 2 saturated heterocycles. The molecule has 0 saturated carbocycles. The van der Waals surface area contributed by atoms with Crippen molar-refractivity contribution in [2.45, 2.75) is 32.2 Å². The predicted molar refractivity (Wildman–Crippen MR) is 70.2 cm³/mol. The number of carbonyl (C=O) groups is 2. The Morgan fingerprint density at radius 1 is 1.42 bits per heavy atom. The van der Waals surface area contributed by atoms with Crippen molar-refractivity contribution in [1.29, 1.82) is 0 Å². The second-order valence-corrected chi connectivity index (χ2v) is 5.40. The smallest absolute Gasteiger partial charge is 0.220 e. The Kier molecular flexibility index (Phi) is 3.05. The van der Waals surface area contributed by atoms with Crippen LogP contribution in [-0.4, -0.2) is 30.8 Å². The van der Waals surface area contributed by atoms with Gasteiger partial charge >= 0.3 is 0 Å². The molecule has 2 aliphatic heterocycles. The number of anilines is 1. The maximum absolute atomic E-state index is 11.4. The number of rotatable bonds is 2. The van der Waals surface area contributed by atoms with Crippen LogP contribution in [0.2, 0.25) is 0 Å². The van der Waals surface area contributed by atoms with Crippen LogP contribution in [0.1, 0.15) is 36.7 Å². The van der Waals surface area contributed by atoms with E-state index in [1.807, 2.05) is 6.07 Å². The number of amides is 1. The van der Waals surface area contributed by atoms with E-state index in [-0.39, 0.29) is 11.7 Å². The van der Waals surface area contributed by atoms with Crippen LogP contribution in [-0.2, 0) is 4.79 Å². The molecule has 1 N–H and O–H groups in total. The zero-order valence-electron chi connectivity index (χ0n) is 11.0. The third-order valence-electron chi connectivity index (χ3n) is 4.07. The first kappa shape index (κ1) is 12.3. The van der Waals surface area contributed by atoms with Gasteiger partial charge in [-0.2, -0.15) is 0 Å². The van der Waals surface area contributed by atoms with Crippen molar-refractivity contribution in [3.8, 4) is 0 Å². The summed E-state index contributed by atoms with van der Waals surface area (Å²) in [5.41, 5.74) is 0. The molecule has 102 valence electrons. The Morgan fingerprint density at radius 3 is 3.00 bits per heavy atom. The van der Waals surface area contributed by atoms with Gasteiger partial charge in [-0.25, -0.2) is 0 Å². The third-order valence-corrected chi connectivity index (χ3v) is 4.07. The SMILES string of the molecule is CC(=O)c1ccc(N2CCC3NC(=O)CCC3C2)o1. The number of nitrogens with zero attached hydrogens (tertiary/aromatic N) is 1. The van der Waals surface area contributed by atoms with Crippen molar-refractivity contribution in [3.63, 3.8) is 0 Å². The van der Waals surface area contributed by atoms with Crippen molar-refractivity contribution < 1.29 is 14.0 Å². The zero-order valence-corrected chi connectivity index (χ0v) is 11.0. The highest BCUT2D eigenvalue weighted by atomic mass is 16.4. The summed E-state index contributed by atoms with van der Waals surface area (Å²) in [6.45, 7) is 3.24. The number of hydrogen-bond donors (Lipinski definition) is 1. The lowest BCUT2D eigenvalue weighted by molar-refractivity contribution is -0.124. The van der Waals surface area contributed by atoms with Gasteiger partial charge in [0.1, 0.15) is 0 Å². The van der Waals surface area contributed by atoms with E-state index in [1.54, 1.807) is 6.07 Å². The van der Waals surface area contributed by atoms with E-state index in [9.17, 15) is 9.59 Å². The Hall–Kier alpha value is -1.78. The van der Waals surface area contributed by atoms with Gasteiger partial charge in [-0.05, 0) is 24.8 Å². The van der Waals surface area contributed by atoms with Crippen LogP contribution in [0.4, 0.5) is 5.88 Å². The highest BCUT2D eigenvalue weighted by molar-refractivity contribution is 5.91. The largest absolute Gasteiger partial charge is 0.437 e. The number of hydrogen-bond acceptors (Lipinski definition) is 4. The molecule has 1 aromatic rings. The van der Waals surface area contributed by atoms with Gasteiger partial charge in [0.2, 0.25) is 5.91 Å². The highest BCUT2D eigenvalue weighted by Crippen LogP contribution is 2.29. The van der Waals surface area contributed by atoms with Crippen molar-refractivity contribution in [2.75, 3.05) is 18.0 Å². The van der Waals surface area contributed by atoms with Gasteiger partial charge in [-0.15, -0.1) is 0 Å². The van der Waals surface area contributed by atoms with Gasteiger partial charge in [0, 0.05) is 38.5 Å². The number of Topliss-reactive ketones (excluding diaryl/α,β-unsaturated/α-hetero) is 1. The molecule has 2 aliphatic rings. The minimum absolute atomic E-state index is 0.0499. The fourth-order valence-corrected chi connectivity index (χ4v) is 3.00. The van der Waals surface area contributed by atoms with Crippen LogP contribution >= 0.6 is 0 Å². The summed E-state index contributed by atoms with van der Waals surface area (Å²) in [5, 5.41) is 3.06. The number of carbonyl (C=O) groups excluding carboxylic acids is 2. The number of piperidine rings is 2. The maximum Gasteiger partial charge on any atom is 0.220 e. The van der Waals surface area contributed by atoms with Gasteiger partial charge in [-0.1, -0.05) is 0 Å². The van der Waals surface area contributed by atoms with Gasteiger partial charge < -0.3 is 14.6 Å². The average Bonchev–Trinajstić information content (AvgIpc) is 2.88. The predicted octanol–water partition coefficient (Wildman–Crippen LogP) is 1.59. The van der Waals surface area contributed by atoms with E-state index in [1.165, 1.54) is 6.92 Å². The fourth-order valence-electron chi connectivity index (χ4n) is 3.00. The summed E-state index contributed by atoms with van der Waals surface area (Å²) < 4.78 is 5.57. The second kappa shape index (κ2) is 4.72. The topological polar surface area (TPSA) is 62.6 Å². The number of fused-ring (bicyclic) bond motifs is 1. The van der Waals surface area contributed by atoms with E-state index in [4.69, 9.17) is 4.42 Å². The van der Waals surface area contributed by atoms with Crippen LogP contribution < -0.4 is 10.2 Å². The quantitative estimate of drug-likeness (QED) is 0.822. The molecule has 19 heavy (non-hydrogen) atoms. The summed E-state index contributed by atoms with van der Waals surface area (Å²) >= 11 is 0. The molecule has 0 aliphatic carbocycles. The van der Waals surface area contributed by atoms with Crippen LogP contribution in [0.25, 0.3) is 0 Å². The molecular weight excluding hydrogens is 244 g/mol. The minimum atomic E-state index is -0.0499. The van der Waals surface area contributed by atoms with Crippen LogP contribution in [0.3, 0.4) is 0 Å². The molecule has 2 fully saturated rings. The number of ketones is 1. The summed E-state index contributed by atoms with van der Waals surface area (Å²) in [6.07, 6.45) is 2.49. The summed E-state index contributed by atoms with van der Waals surface area (Å²) in [5.74, 6) is 1.78. The first-order valence-corrected chi connectivity index (χ1v) is 6.78. The standard InChI is InChI=1S/C14H18N2O3/c1-9(17)12-3-5-14(19-12)16-7-6-11-10(8-16)2-4-13(18)15-11/h3,5,10-11H,2,4,6-8H2,1H3,(H,15,18). The minimum Gasteiger partial charge on any atom is -0.437 e. The first-order chi connectivity index (χ1) is 9.13. The summed E-state index contributed by atoms with van der Waals surface area (Å²) in [4.78, 5) is 24.8. The Bertz CT molecular complexity index is 509. The van der Waals surface area contributed by atoms with E-state index in [0.29, 0.717) is 24.1 Å². The maximum atomic E-state index is 11.4. The molecule has 5 heteroatoms. The molecule has 1 aromatic heterocycles. The number of nitrogens with one attached hydrogen (secondary N) is 1. The molecule has 3 heterocycles. The molecule has 5 nitrogen and oxygen atoms in total. The molecule has 3 rings (SSSR count). The molecule has 1 amide bonds. The van der Waals surface area contributed by atoms with Crippen molar-refractivity contribution in [1.82, 2.24) is 5.32 Å². The fraction of sp³-hybridized carbons (Fsp3) is 0.571. The third kappa shape index (κ3) is 2.37. The Labute approximate surface area is 111 Å². The Morgan fingerprint density at radius 2 is 2.26 bits per heavy atom. The van der Waals surface area contributed by atoms with E-state index >= 15 is 0 Å². The molecular formula is C14H18N2O3. The normalized spacial score (nSPS) is 26.8. The van der Waals surface area contributed by atoms with E-state index in [0.717, 1.165) is 31.8 Å². The summed E-state index contributed by atoms with van der Waals surface area (Å²) in [6, 6.07) is 3.89. The molecule has 2 atom stereocenters. The second-order valence-electron chi connectivity index (χ2n) is 5.40. The van der Waals surface area contributed by atoms with Gasteiger partial charge in [0.25, 0.3) is 0 Å². The first-order valence-electron chi connectivity index (χ1n) is 6.78. The molecule has 2 unspecified atom stereocenters. The molecule has 0 aromatic carbocycles.